The number of anilines is 1. The van der Waals surface area contributed by atoms with E-state index >= 15 is 0 Å². The summed E-state index contributed by atoms with van der Waals surface area (Å²) in [5.74, 6) is -0.761. The first-order valence-electron chi connectivity index (χ1n) is 9.92. The van der Waals surface area contributed by atoms with Crippen molar-refractivity contribution in [2.24, 2.45) is 0 Å². The second-order valence-electron chi connectivity index (χ2n) is 7.50. The van der Waals surface area contributed by atoms with Crippen LogP contribution in [0.5, 0.6) is 0 Å². The second-order valence-corrected chi connectivity index (χ2v) is 7.50. The zero-order chi connectivity index (χ0) is 20.8. The van der Waals surface area contributed by atoms with Crippen LogP contribution in [-0.4, -0.2) is 50.6 Å². The molecule has 0 saturated carbocycles. The van der Waals surface area contributed by atoms with E-state index in [1.807, 2.05) is 23.1 Å². The van der Waals surface area contributed by atoms with Crippen LogP contribution in [-0.2, 0) is 9.59 Å². The molecule has 0 bridgehead atoms. The van der Waals surface area contributed by atoms with E-state index in [2.05, 4.69) is 10.6 Å². The first-order chi connectivity index (χ1) is 14.0. The topological polar surface area (TPSA) is 79.0 Å². The molecule has 1 fully saturated rings. The molecule has 0 unspecified atom stereocenters. The molecule has 156 valence electrons. The summed E-state index contributed by atoms with van der Waals surface area (Å²) in [5.41, 5.74) is 0.611. The Hall–Kier alpha value is -2.87. The highest BCUT2D eigenvalue weighted by molar-refractivity contribution is 6.35. The number of quaternary nitrogens is 1. The molecular formula is C21H28FN4O3+. The van der Waals surface area contributed by atoms with Crippen LogP contribution >= 0.6 is 0 Å². The third-order valence-corrected chi connectivity index (χ3v) is 5.07. The van der Waals surface area contributed by atoms with Crippen molar-refractivity contribution in [3.8, 4) is 0 Å². The van der Waals surface area contributed by atoms with Crippen molar-refractivity contribution in [1.29, 1.82) is 0 Å². The lowest BCUT2D eigenvalue weighted by atomic mass is 10.1. The maximum Gasteiger partial charge on any atom is 0.309 e. The Morgan fingerprint density at radius 1 is 1.14 bits per heavy atom. The molecule has 7 nitrogen and oxygen atoms in total. The van der Waals surface area contributed by atoms with E-state index in [9.17, 15) is 14.0 Å². The van der Waals surface area contributed by atoms with Gasteiger partial charge in [0, 0.05) is 6.04 Å². The molecule has 2 heterocycles. The molecule has 0 aliphatic carbocycles. The molecule has 29 heavy (non-hydrogen) atoms. The summed E-state index contributed by atoms with van der Waals surface area (Å²) in [7, 11) is 0. The lowest BCUT2D eigenvalue weighted by Crippen LogP contribution is -3.15. The van der Waals surface area contributed by atoms with Crippen molar-refractivity contribution in [3.63, 3.8) is 0 Å². The Labute approximate surface area is 169 Å². The Balaban J connectivity index is 1.62. The van der Waals surface area contributed by atoms with Crippen LogP contribution < -0.4 is 20.4 Å². The van der Waals surface area contributed by atoms with Crippen LogP contribution in [0, 0.1) is 5.82 Å². The van der Waals surface area contributed by atoms with Crippen molar-refractivity contribution in [2.45, 2.75) is 25.9 Å². The Morgan fingerprint density at radius 3 is 2.48 bits per heavy atom. The minimum atomic E-state index is -0.653. The number of hydrogen-bond donors (Lipinski definition) is 3. The Bertz CT molecular complexity index is 817. The van der Waals surface area contributed by atoms with Gasteiger partial charge >= 0.3 is 11.8 Å². The molecule has 0 radical (unpaired) electrons. The first kappa shape index (κ1) is 20.9. The number of benzene rings is 1. The highest BCUT2D eigenvalue weighted by Crippen LogP contribution is 2.19. The van der Waals surface area contributed by atoms with E-state index in [4.69, 9.17) is 4.42 Å². The molecule has 1 aliphatic heterocycles. The molecule has 2 aromatic rings. The molecule has 1 aliphatic rings. The molecule has 1 aromatic carbocycles. The summed E-state index contributed by atoms with van der Waals surface area (Å²) in [6.45, 7) is 6.78. The van der Waals surface area contributed by atoms with Gasteiger partial charge in [-0.15, -0.1) is 0 Å². The second kappa shape index (κ2) is 9.56. The van der Waals surface area contributed by atoms with Gasteiger partial charge in [0.05, 0.1) is 44.7 Å². The summed E-state index contributed by atoms with van der Waals surface area (Å²) in [5, 5.41) is 5.31. The molecule has 8 heteroatoms. The number of para-hydroxylation sites is 1. The third kappa shape index (κ3) is 5.35. The maximum atomic E-state index is 14.1. The largest absolute Gasteiger partial charge is 0.463 e. The van der Waals surface area contributed by atoms with Crippen LogP contribution in [0.25, 0.3) is 0 Å². The van der Waals surface area contributed by atoms with E-state index in [1.165, 1.54) is 11.0 Å². The number of nitrogens with one attached hydrogen (secondary N) is 3. The highest BCUT2D eigenvalue weighted by atomic mass is 19.1. The van der Waals surface area contributed by atoms with Gasteiger partial charge in [-0.2, -0.15) is 0 Å². The van der Waals surface area contributed by atoms with Crippen molar-refractivity contribution in [1.82, 2.24) is 10.6 Å². The average molecular weight is 403 g/mol. The predicted molar refractivity (Wildman–Crippen MR) is 107 cm³/mol. The monoisotopic (exact) mass is 403 g/mol. The fourth-order valence-electron chi connectivity index (χ4n) is 3.63. The van der Waals surface area contributed by atoms with E-state index < -0.39 is 11.8 Å². The average Bonchev–Trinajstić information content (AvgIpc) is 3.23. The SMILES string of the molecule is CC(C)NC(=O)C(=O)NC[C@H](c1ccco1)[NH+]1CCN(c2ccccc2F)CC1. The number of carbonyl (C=O) groups excluding carboxylic acids is 2. The van der Waals surface area contributed by atoms with Gasteiger partial charge in [0.2, 0.25) is 0 Å². The van der Waals surface area contributed by atoms with Crippen LogP contribution in [0.15, 0.2) is 47.1 Å². The number of carbonyl (C=O) groups is 2. The summed E-state index contributed by atoms with van der Waals surface area (Å²) in [6.07, 6.45) is 1.60. The van der Waals surface area contributed by atoms with E-state index in [-0.39, 0.29) is 24.4 Å². The highest BCUT2D eigenvalue weighted by Gasteiger charge is 2.32. The van der Waals surface area contributed by atoms with E-state index in [1.54, 1.807) is 32.2 Å². The summed E-state index contributed by atoms with van der Waals surface area (Å²) in [6, 6.07) is 10.2. The van der Waals surface area contributed by atoms with Gasteiger partial charge in [-0.3, -0.25) is 9.59 Å². The normalized spacial score (nSPS) is 15.9. The van der Waals surface area contributed by atoms with Gasteiger partial charge in [-0.05, 0) is 38.1 Å². The smallest absolute Gasteiger partial charge is 0.309 e. The summed E-state index contributed by atoms with van der Waals surface area (Å²) < 4.78 is 19.7. The molecular weight excluding hydrogens is 375 g/mol. The summed E-state index contributed by atoms with van der Waals surface area (Å²) in [4.78, 5) is 27.2. The van der Waals surface area contributed by atoms with Crippen molar-refractivity contribution in [3.05, 3.63) is 54.2 Å². The lowest BCUT2D eigenvalue weighted by molar-refractivity contribution is -0.932. The predicted octanol–water partition coefficient (Wildman–Crippen LogP) is 0.506. The van der Waals surface area contributed by atoms with Crippen LogP contribution in [0.2, 0.25) is 0 Å². The van der Waals surface area contributed by atoms with Gasteiger partial charge in [0.1, 0.15) is 5.82 Å². The number of rotatable bonds is 6. The van der Waals surface area contributed by atoms with Crippen LogP contribution in [0.4, 0.5) is 10.1 Å². The molecule has 1 saturated heterocycles. The zero-order valence-electron chi connectivity index (χ0n) is 16.8. The van der Waals surface area contributed by atoms with Gasteiger partial charge in [0.15, 0.2) is 11.8 Å². The van der Waals surface area contributed by atoms with Crippen LogP contribution in [0.1, 0.15) is 25.6 Å². The first-order valence-corrected chi connectivity index (χ1v) is 9.92. The number of amides is 2. The lowest BCUT2D eigenvalue weighted by Gasteiger charge is -2.37. The van der Waals surface area contributed by atoms with Crippen molar-refractivity contribution in [2.75, 3.05) is 37.6 Å². The molecule has 0 spiro atoms. The standard InChI is InChI=1S/C21H27FN4O3/c1-15(2)24-21(28)20(27)23-14-18(19-8-5-13-29-19)26-11-9-25(10-12-26)17-7-4-3-6-16(17)22/h3-8,13,15,18H,9-12,14H2,1-2H3,(H,23,27)(H,24,28)/p+1/t18-/m1/s1. The fraction of sp³-hybridized carbons (Fsp3) is 0.429. The van der Waals surface area contributed by atoms with Crippen LogP contribution in [0.3, 0.4) is 0 Å². The minimum Gasteiger partial charge on any atom is -0.463 e. The zero-order valence-corrected chi connectivity index (χ0v) is 16.8. The number of halogens is 1. The molecule has 3 N–H and O–H groups in total. The maximum absolute atomic E-state index is 14.1. The number of hydrogen-bond acceptors (Lipinski definition) is 4. The summed E-state index contributed by atoms with van der Waals surface area (Å²) >= 11 is 0. The fourth-order valence-corrected chi connectivity index (χ4v) is 3.63. The number of furan rings is 1. The van der Waals surface area contributed by atoms with E-state index in [0.717, 1.165) is 18.8 Å². The van der Waals surface area contributed by atoms with Gasteiger partial charge < -0.3 is 24.9 Å². The molecule has 3 rings (SSSR count). The Kier molecular flexibility index (Phi) is 6.87. The molecule has 2 amide bonds. The quantitative estimate of drug-likeness (QED) is 0.614. The third-order valence-electron chi connectivity index (χ3n) is 5.07. The van der Waals surface area contributed by atoms with Gasteiger partial charge in [-0.25, -0.2) is 4.39 Å². The van der Waals surface area contributed by atoms with Gasteiger partial charge in [0.25, 0.3) is 0 Å². The molecule has 1 atom stereocenters. The van der Waals surface area contributed by atoms with Crippen molar-refractivity contribution >= 4 is 17.5 Å². The van der Waals surface area contributed by atoms with Gasteiger partial charge in [-0.1, -0.05) is 12.1 Å². The minimum absolute atomic E-state index is 0.105. The number of nitrogens with zero attached hydrogens (tertiary/aromatic N) is 1. The Morgan fingerprint density at radius 2 is 1.86 bits per heavy atom. The van der Waals surface area contributed by atoms with Crippen molar-refractivity contribution < 1.29 is 23.3 Å². The number of piperazine rings is 1. The molecule has 1 aromatic heterocycles. The van der Waals surface area contributed by atoms with E-state index in [0.29, 0.717) is 18.8 Å².